The zero-order chi connectivity index (χ0) is 15.6. The minimum atomic E-state index is -1.50. The zero-order valence-corrected chi connectivity index (χ0v) is 9.90. The molecule has 0 aromatic carbocycles. The van der Waals surface area contributed by atoms with Crippen LogP contribution >= 0.6 is 0 Å². The number of nitrogens with zero attached hydrogens (tertiary/aromatic N) is 6. The van der Waals surface area contributed by atoms with Crippen molar-refractivity contribution in [3.63, 3.8) is 0 Å². The summed E-state index contributed by atoms with van der Waals surface area (Å²) in [7, 11) is 0. The van der Waals surface area contributed by atoms with E-state index in [4.69, 9.17) is 15.3 Å². The van der Waals surface area contributed by atoms with Crippen LogP contribution in [-0.2, 0) is 0 Å². The summed E-state index contributed by atoms with van der Waals surface area (Å²) in [5, 5.41) is 34.0. The summed E-state index contributed by atoms with van der Waals surface area (Å²) in [5.74, 6) is 0. The van der Waals surface area contributed by atoms with Crippen molar-refractivity contribution in [3.8, 4) is 0 Å². The smallest absolute Gasteiger partial charge is 0.328 e. The highest BCUT2D eigenvalue weighted by Crippen LogP contribution is 2.16. The Hall–Kier alpha value is -3.64. The number of pyridine rings is 2. The molecule has 0 spiro atoms. The van der Waals surface area contributed by atoms with Crippen molar-refractivity contribution >= 4 is 22.4 Å². The second-order valence-corrected chi connectivity index (χ2v) is 3.51. The van der Waals surface area contributed by atoms with Crippen molar-refractivity contribution < 1.29 is 15.2 Å². The van der Waals surface area contributed by atoms with Gasteiger partial charge in [0, 0.05) is 6.20 Å². The van der Waals surface area contributed by atoms with Crippen molar-refractivity contribution in [3.05, 3.63) is 48.8 Å². The van der Waals surface area contributed by atoms with E-state index >= 15 is 0 Å². The van der Waals surface area contributed by atoms with E-state index in [0.717, 1.165) is 0 Å². The molecule has 0 amide bonds. The molecule has 0 fully saturated rings. The number of nitro groups is 1. The van der Waals surface area contributed by atoms with Crippen LogP contribution in [0, 0.1) is 20.2 Å². The minimum Gasteiger partial charge on any atom is -0.328 e. The van der Waals surface area contributed by atoms with Gasteiger partial charge in [0.05, 0.1) is 10.3 Å². The van der Waals surface area contributed by atoms with Gasteiger partial charge in [0.2, 0.25) is 0 Å². The average Bonchev–Trinajstić information content (AvgIpc) is 2.87. The maximum Gasteiger partial charge on any atom is 0.363 e. The lowest BCUT2D eigenvalue weighted by molar-refractivity contribution is -0.742. The minimum absolute atomic E-state index is 0.141. The van der Waals surface area contributed by atoms with Gasteiger partial charge in [-0.3, -0.25) is 14.9 Å². The van der Waals surface area contributed by atoms with Crippen LogP contribution in [0.5, 0.6) is 0 Å². The average molecular weight is 295 g/mol. The fraction of sp³-hybridized carbons (Fsp3) is 0. The Kier molecular flexibility index (Phi) is 3.38. The topological polar surface area (TPSA) is 182 Å². The maximum absolute atomic E-state index is 11.9. The monoisotopic (exact) mass is 295 g/mol. The first-order valence-electron chi connectivity index (χ1n) is 5.11. The maximum atomic E-state index is 11.9. The van der Waals surface area contributed by atoms with Crippen LogP contribution in [0.2, 0.25) is 0 Å². The predicted octanol–water partition coefficient (Wildman–Crippen LogP) is -0.474. The van der Waals surface area contributed by atoms with Crippen molar-refractivity contribution in [2.24, 2.45) is 0 Å². The molecule has 0 aliphatic heterocycles. The molecule has 0 saturated carbocycles. The Balaban J connectivity index is 0.000000361. The molecular formula is C8H5N7O6. The first-order chi connectivity index (χ1) is 9.93. The second-order valence-electron chi connectivity index (χ2n) is 3.51. The molecule has 0 bridgehead atoms. The van der Waals surface area contributed by atoms with Crippen molar-refractivity contribution in [2.45, 2.75) is 0 Å². The normalized spacial score (nSPS) is 10.1. The fourth-order valence-corrected chi connectivity index (χ4v) is 1.65. The van der Waals surface area contributed by atoms with E-state index in [1.54, 1.807) is 0 Å². The molecule has 3 aromatic heterocycles. The van der Waals surface area contributed by atoms with Gasteiger partial charge in [0.1, 0.15) is 0 Å². The molecule has 0 aliphatic rings. The lowest BCUT2D eigenvalue weighted by atomic mass is 10.2. The molecule has 13 heteroatoms. The highest BCUT2D eigenvalue weighted by molar-refractivity contribution is 5.82. The third-order valence-electron chi connectivity index (χ3n) is 2.35. The summed E-state index contributed by atoms with van der Waals surface area (Å²) in [5.41, 5.74) is -1.22. The van der Waals surface area contributed by atoms with Crippen LogP contribution in [0.25, 0.3) is 16.7 Å². The molecule has 2 N–H and O–H groups in total. The summed E-state index contributed by atoms with van der Waals surface area (Å²) in [6.07, 6.45) is 1.47. The number of hydrogen-bond acceptors (Lipinski definition) is 8. The van der Waals surface area contributed by atoms with Gasteiger partial charge in [-0.15, -0.1) is 15.2 Å². The largest absolute Gasteiger partial charge is 0.363 e. The van der Waals surface area contributed by atoms with Gasteiger partial charge in [-0.25, -0.2) is 4.98 Å². The van der Waals surface area contributed by atoms with E-state index < -0.39 is 21.1 Å². The number of rotatable bonds is 1. The third-order valence-corrected chi connectivity index (χ3v) is 2.35. The molecule has 3 heterocycles. The highest BCUT2D eigenvalue weighted by Gasteiger charge is 2.24. The van der Waals surface area contributed by atoms with E-state index in [0.29, 0.717) is 0 Å². The summed E-state index contributed by atoms with van der Waals surface area (Å²) in [4.78, 5) is 34.3. The number of fused-ring (bicyclic) bond motifs is 3. The molecule has 0 saturated heterocycles. The van der Waals surface area contributed by atoms with Gasteiger partial charge in [0.15, 0.2) is 5.65 Å². The van der Waals surface area contributed by atoms with Gasteiger partial charge in [0.25, 0.3) is 16.2 Å². The van der Waals surface area contributed by atoms with Gasteiger partial charge < -0.3 is 5.21 Å². The predicted molar refractivity (Wildman–Crippen MR) is 64.3 cm³/mol. The van der Waals surface area contributed by atoms with Crippen LogP contribution in [0.15, 0.2) is 23.1 Å². The van der Waals surface area contributed by atoms with Crippen LogP contribution < -0.4 is 5.43 Å². The molecule has 21 heavy (non-hydrogen) atoms. The van der Waals surface area contributed by atoms with E-state index in [-0.39, 0.29) is 16.7 Å². The number of aromatic amines is 1. The quantitative estimate of drug-likeness (QED) is 0.442. The Bertz CT molecular complexity index is 895. The van der Waals surface area contributed by atoms with Crippen LogP contribution in [0.4, 0.5) is 5.69 Å². The summed E-state index contributed by atoms with van der Waals surface area (Å²) < 4.78 is 1.20. The van der Waals surface area contributed by atoms with Gasteiger partial charge in [-0.05, 0) is 12.1 Å². The summed E-state index contributed by atoms with van der Waals surface area (Å²) in [6, 6.07) is 2.99. The Morgan fingerprint density at radius 3 is 2.57 bits per heavy atom. The van der Waals surface area contributed by atoms with Crippen LogP contribution in [0.3, 0.4) is 0 Å². The van der Waals surface area contributed by atoms with E-state index in [1.165, 1.54) is 22.8 Å². The Labute approximate surface area is 112 Å². The molecule has 0 aliphatic carbocycles. The van der Waals surface area contributed by atoms with Gasteiger partial charge in [-0.2, -0.15) is 9.73 Å². The molecular weight excluding hydrogens is 290 g/mol. The molecule has 108 valence electrons. The Morgan fingerprint density at radius 2 is 1.95 bits per heavy atom. The van der Waals surface area contributed by atoms with Gasteiger partial charge >= 0.3 is 5.69 Å². The first kappa shape index (κ1) is 13.8. The lowest BCUT2D eigenvalue weighted by Crippen LogP contribution is -2.13. The number of hydrogen-bond donors (Lipinski definition) is 2. The second kappa shape index (κ2) is 5.16. The van der Waals surface area contributed by atoms with Crippen molar-refractivity contribution in [2.75, 3.05) is 0 Å². The van der Waals surface area contributed by atoms with E-state index in [1.807, 2.05) is 0 Å². The standard InChI is InChI=1S/C8H4N6O3.HNO3/c15-6-4-2-1-3-9-7(4)13-8(10-11-12-13)5(6)14(16)17;2-1(3)4/h1-3H,(H,10,12);(H,2,3,4). The number of nitrogens with one attached hydrogen (secondary N) is 1. The summed E-state index contributed by atoms with van der Waals surface area (Å²) >= 11 is 0. The molecule has 3 aromatic rings. The van der Waals surface area contributed by atoms with E-state index in [9.17, 15) is 14.9 Å². The van der Waals surface area contributed by atoms with Crippen LogP contribution in [-0.4, -0.2) is 40.2 Å². The first-order valence-corrected chi connectivity index (χ1v) is 5.11. The Morgan fingerprint density at radius 1 is 1.29 bits per heavy atom. The van der Waals surface area contributed by atoms with Gasteiger partial charge in [-0.1, -0.05) is 5.21 Å². The van der Waals surface area contributed by atoms with E-state index in [2.05, 4.69) is 20.5 Å². The molecule has 13 nitrogen and oxygen atoms in total. The molecule has 0 unspecified atom stereocenters. The highest BCUT2D eigenvalue weighted by atomic mass is 16.9. The van der Waals surface area contributed by atoms with Crippen molar-refractivity contribution in [1.82, 2.24) is 25.0 Å². The summed E-state index contributed by atoms with van der Waals surface area (Å²) in [6.45, 7) is 0. The number of H-pyrrole nitrogens is 1. The number of aromatic nitrogens is 5. The number of tetrazole rings is 1. The molecule has 3 rings (SSSR count). The molecule has 0 radical (unpaired) electrons. The zero-order valence-electron chi connectivity index (χ0n) is 9.90. The van der Waals surface area contributed by atoms with Crippen LogP contribution in [0.1, 0.15) is 0 Å². The third kappa shape index (κ3) is 2.42. The fourth-order valence-electron chi connectivity index (χ4n) is 1.65. The van der Waals surface area contributed by atoms with Crippen molar-refractivity contribution in [1.29, 1.82) is 0 Å². The molecule has 0 atom stereocenters. The SMILES string of the molecule is O=[N+]([O-])O.O=c1c([N+](=O)[O-])c2nn[nH]n2c2ncccc12. The lowest BCUT2D eigenvalue weighted by Gasteiger charge is -1.98.